The molecule has 126 valence electrons. The summed E-state index contributed by atoms with van der Waals surface area (Å²) in [6.45, 7) is 6.38. The van der Waals surface area contributed by atoms with Crippen molar-refractivity contribution >= 4 is 23.3 Å². The number of rotatable bonds is 5. The molecule has 5 heteroatoms. The SMILES string of the molecule is Cc1nc(CC(=O)N2CCN(CC=Cc3ccccc3)CC2)cs1. The molecule has 0 N–H and O–H groups in total. The van der Waals surface area contributed by atoms with Gasteiger partial charge in [0.1, 0.15) is 0 Å². The Hall–Kier alpha value is -1.98. The average molecular weight is 341 g/mol. The van der Waals surface area contributed by atoms with Gasteiger partial charge < -0.3 is 4.90 Å². The summed E-state index contributed by atoms with van der Waals surface area (Å²) >= 11 is 1.60. The molecule has 0 atom stereocenters. The number of carbonyl (C=O) groups is 1. The molecule has 0 unspecified atom stereocenters. The largest absolute Gasteiger partial charge is 0.340 e. The third kappa shape index (κ3) is 4.76. The van der Waals surface area contributed by atoms with Crippen molar-refractivity contribution in [2.24, 2.45) is 0 Å². The van der Waals surface area contributed by atoms with Gasteiger partial charge in [-0.3, -0.25) is 9.69 Å². The van der Waals surface area contributed by atoms with Gasteiger partial charge in [0.15, 0.2) is 0 Å². The van der Waals surface area contributed by atoms with Crippen LogP contribution in [0.15, 0.2) is 41.8 Å². The van der Waals surface area contributed by atoms with Gasteiger partial charge in [-0.05, 0) is 12.5 Å². The van der Waals surface area contributed by atoms with Gasteiger partial charge in [0.2, 0.25) is 5.91 Å². The summed E-state index contributed by atoms with van der Waals surface area (Å²) in [5.41, 5.74) is 2.13. The smallest absolute Gasteiger partial charge is 0.228 e. The molecule has 1 saturated heterocycles. The number of aromatic nitrogens is 1. The molecule has 0 radical (unpaired) electrons. The molecule has 4 nitrogen and oxygen atoms in total. The van der Waals surface area contributed by atoms with Gasteiger partial charge in [0.05, 0.1) is 17.1 Å². The van der Waals surface area contributed by atoms with Gasteiger partial charge in [0.25, 0.3) is 0 Å². The van der Waals surface area contributed by atoms with E-state index >= 15 is 0 Å². The van der Waals surface area contributed by atoms with E-state index in [4.69, 9.17) is 0 Å². The first kappa shape index (κ1) is 16.9. The molecule has 1 aliphatic heterocycles. The molecule has 0 aliphatic carbocycles. The second kappa shape index (κ2) is 8.22. The quantitative estimate of drug-likeness (QED) is 0.839. The number of piperazine rings is 1. The summed E-state index contributed by atoms with van der Waals surface area (Å²) in [5.74, 6) is 0.194. The Balaban J connectivity index is 1.42. The van der Waals surface area contributed by atoms with Gasteiger partial charge in [0, 0.05) is 38.1 Å². The van der Waals surface area contributed by atoms with Crippen molar-refractivity contribution in [1.29, 1.82) is 0 Å². The molecule has 1 aromatic carbocycles. The van der Waals surface area contributed by atoms with Crippen molar-refractivity contribution in [1.82, 2.24) is 14.8 Å². The third-order valence-electron chi connectivity index (χ3n) is 4.20. The lowest BCUT2D eigenvalue weighted by molar-refractivity contribution is -0.132. The Morgan fingerprint density at radius 1 is 1.21 bits per heavy atom. The van der Waals surface area contributed by atoms with Crippen molar-refractivity contribution in [3.8, 4) is 0 Å². The van der Waals surface area contributed by atoms with Gasteiger partial charge in [-0.1, -0.05) is 42.5 Å². The maximum absolute atomic E-state index is 12.3. The van der Waals surface area contributed by atoms with Crippen LogP contribution in [0.2, 0.25) is 0 Å². The minimum Gasteiger partial charge on any atom is -0.340 e. The number of thiazole rings is 1. The number of nitrogens with zero attached hydrogens (tertiary/aromatic N) is 3. The predicted octanol–water partition coefficient (Wildman–Crippen LogP) is 2.85. The molecule has 2 aromatic rings. The van der Waals surface area contributed by atoms with E-state index in [2.05, 4.69) is 34.2 Å². The van der Waals surface area contributed by atoms with Crippen LogP contribution in [0.1, 0.15) is 16.3 Å². The van der Waals surface area contributed by atoms with Gasteiger partial charge >= 0.3 is 0 Å². The first-order valence-corrected chi connectivity index (χ1v) is 9.21. The minimum atomic E-state index is 0.194. The van der Waals surface area contributed by atoms with E-state index in [1.54, 1.807) is 11.3 Å². The summed E-state index contributed by atoms with van der Waals surface area (Å²) in [5, 5.41) is 3.01. The zero-order valence-electron chi connectivity index (χ0n) is 14.0. The van der Waals surface area contributed by atoms with Crippen LogP contribution in [0.3, 0.4) is 0 Å². The summed E-state index contributed by atoms with van der Waals surface area (Å²) in [6.07, 6.45) is 4.78. The standard InChI is InChI=1S/C19H23N3OS/c1-16-20-18(15-24-16)14-19(23)22-12-10-21(11-13-22)9-5-8-17-6-3-2-4-7-17/h2-8,15H,9-14H2,1H3. The summed E-state index contributed by atoms with van der Waals surface area (Å²) in [4.78, 5) is 21.1. The molecule has 0 spiro atoms. The highest BCUT2D eigenvalue weighted by Gasteiger charge is 2.21. The first-order valence-electron chi connectivity index (χ1n) is 8.33. The van der Waals surface area contributed by atoms with Crippen LogP contribution >= 0.6 is 11.3 Å². The van der Waals surface area contributed by atoms with Crippen molar-refractivity contribution in [3.05, 3.63) is 58.1 Å². The van der Waals surface area contributed by atoms with E-state index in [9.17, 15) is 4.79 Å². The Morgan fingerprint density at radius 2 is 1.96 bits per heavy atom. The molecule has 24 heavy (non-hydrogen) atoms. The monoisotopic (exact) mass is 341 g/mol. The van der Waals surface area contributed by atoms with E-state index in [0.717, 1.165) is 43.4 Å². The first-order chi connectivity index (χ1) is 11.7. The van der Waals surface area contributed by atoms with Crippen molar-refractivity contribution in [2.75, 3.05) is 32.7 Å². The van der Waals surface area contributed by atoms with Crippen LogP contribution < -0.4 is 0 Å². The van der Waals surface area contributed by atoms with Gasteiger partial charge in [-0.25, -0.2) is 4.98 Å². The number of amides is 1. The molecular formula is C19H23N3OS. The number of hydrogen-bond donors (Lipinski definition) is 0. The maximum atomic E-state index is 12.3. The lowest BCUT2D eigenvalue weighted by Crippen LogP contribution is -2.49. The molecule has 1 aliphatic rings. The third-order valence-corrected chi connectivity index (χ3v) is 5.02. The Morgan fingerprint density at radius 3 is 2.62 bits per heavy atom. The Labute approximate surface area is 147 Å². The fourth-order valence-corrected chi connectivity index (χ4v) is 3.45. The average Bonchev–Trinajstić information content (AvgIpc) is 3.01. The highest BCUT2D eigenvalue weighted by Crippen LogP contribution is 2.11. The van der Waals surface area contributed by atoms with Gasteiger partial charge in [-0.15, -0.1) is 11.3 Å². The molecule has 1 fully saturated rings. The van der Waals surface area contributed by atoms with Crippen LogP contribution in [0, 0.1) is 6.92 Å². The lowest BCUT2D eigenvalue weighted by atomic mass is 10.2. The van der Waals surface area contributed by atoms with E-state index in [-0.39, 0.29) is 5.91 Å². The molecule has 1 aromatic heterocycles. The summed E-state index contributed by atoms with van der Waals surface area (Å²) in [6, 6.07) is 10.3. The molecule has 1 amide bonds. The second-order valence-electron chi connectivity index (χ2n) is 6.03. The van der Waals surface area contributed by atoms with Crippen molar-refractivity contribution in [2.45, 2.75) is 13.3 Å². The molecule has 2 heterocycles. The molecule has 0 saturated carbocycles. The van der Waals surface area contributed by atoms with Crippen LogP contribution in [0.25, 0.3) is 6.08 Å². The Kier molecular flexibility index (Phi) is 5.77. The van der Waals surface area contributed by atoms with Crippen molar-refractivity contribution < 1.29 is 4.79 Å². The highest BCUT2D eigenvalue weighted by atomic mass is 32.1. The second-order valence-corrected chi connectivity index (χ2v) is 7.09. The number of aryl methyl sites for hydroxylation is 1. The van der Waals surface area contributed by atoms with E-state index in [1.165, 1.54) is 5.56 Å². The topological polar surface area (TPSA) is 36.4 Å². The zero-order chi connectivity index (χ0) is 16.8. The van der Waals surface area contributed by atoms with E-state index < -0.39 is 0 Å². The lowest BCUT2D eigenvalue weighted by Gasteiger charge is -2.34. The normalized spacial score (nSPS) is 16.0. The van der Waals surface area contributed by atoms with E-state index in [1.807, 2.05) is 35.4 Å². The summed E-state index contributed by atoms with van der Waals surface area (Å²) in [7, 11) is 0. The van der Waals surface area contributed by atoms with Gasteiger partial charge in [-0.2, -0.15) is 0 Å². The Bertz CT molecular complexity index is 688. The fourth-order valence-electron chi connectivity index (χ4n) is 2.84. The minimum absolute atomic E-state index is 0.194. The highest BCUT2D eigenvalue weighted by molar-refractivity contribution is 7.09. The van der Waals surface area contributed by atoms with Crippen LogP contribution in [-0.4, -0.2) is 53.4 Å². The van der Waals surface area contributed by atoms with Crippen molar-refractivity contribution in [3.63, 3.8) is 0 Å². The molecule has 3 rings (SSSR count). The number of hydrogen-bond acceptors (Lipinski definition) is 4. The zero-order valence-corrected chi connectivity index (χ0v) is 14.8. The maximum Gasteiger partial charge on any atom is 0.228 e. The summed E-state index contributed by atoms with van der Waals surface area (Å²) < 4.78 is 0. The fraction of sp³-hybridized carbons (Fsp3) is 0.368. The van der Waals surface area contributed by atoms with Crippen LogP contribution in [0.4, 0.5) is 0 Å². The van der Waals surface area contributed by atoms with Crippen LogP contribution in [0.5, 0.6) is 0 Å². The molecule has 0 bridgehead atoms. The number of carbonyl (C=O) groups excluding carboxylic acids is 1. The molecular weight excluding hydrogens is 318 g/mol. The predicted molar refractivity (Wildman–Crippen MR) is 99.1 cm³/mol. The van der Waals surface area contributed by atoms with E-state index in [0.29, 0.717) is 6.42 Å². The van der Waals surface area contributed by atoms with Crippen LogP contribution in [-0.2, 0) is 11.2 Å². The number of benzene rings is 1.